The highest BCUT2D eigenvalue weighted by molar-refractivity contribution is 7.47. The van der Waals surface area contributed by atoms with E-state index in [1.165, 1.54) is 128 Å². The Labute approximate surface area is 524 Å². The summed E-state index contributed by atoms with van der Waals surface area (Å²) in [4.78, 5) is 72.4. The lowest BCUT2D eigenvalue weighted by atomic mass is 9.99. The van der Waals surface area contributed by atoms with Crippen LogP contribution in [0.5, 0.6) is 0 Å². The molecule has 0 aromatic rings. The number of carbonyl (C=O) groups is 4. The van der Waals surface area contributed by atoms with Gasteiger partial charge in [0.25, 0.3) is 0 Å². The number of ether oxygens (including phenoxy) is 4. The molecule has 0 bridgehead atoms. The van der Waals surface area contributed by atoms with E-state index in [-0.39, 0.29) is 25.7 Å². The molecule has 17 nitrogen and oxygen atoms in total. The van der Waals surface area contributed by atoms with Crippen LogP contribution in [-0.2, 0) is 65.4 Å². The van der Waals surface area contributed by atoms with E-state index in [4.69, 9.17) is 37.0 Å². The molecule has 0 aliphatic rings. The standard InChI is InChI=1S/C67H130O17P2/c1-9-60(8)46-38-30-22-12-10-11-13-23-31-39-47-64(69)77-53-62(83-66(71)49-41-33-25-17-15-20-28-36-44-58(4)5)55-81-85(73,74)79-51-61(68)52-80-86(75,76)82-56-63(84-67(72)50-42-34-26-18-21-29-37-45-59(6)7)54-78-65(70)48-40-32-24-16-14-19-27-35-43-57(2)3/h57-63,68H,9-56H2,1-8H3,(H,73,74)(H,75,76)/t60?,61?,62-,63-/m1/s1. The molecule has 0 radical (unpaired) electrons. The number of unbranched alkanes of at least 4 members (excludes halogenated alkanes) is 29. The molecule has 0 aliphatic carbocycles. The Bertz CT molecular complexity index is 1720. The fraction of sp³-hybridized carbons (Fsp3) is 0.940. The fourth-order valence-electron chi connectivity index (χ4n) is 9.93. The fourth-order valence-corrected chi connectivity index (χ4v) is 11.5. The second-order valence-electron chi connectivity index (χ2n) is 25.9. The van der Waals surface area contributed by atoms with E-state index in [0.717, 1.165) is 108 Å². The van der Waals surface area contributed by atoms with Gasteiger partial charge in [-0.25, -0.2) is 9.13 Å². The Morgan fingerprint density at radius 1 is 0.326 bits per heavy atom. The first-order valence-corrected chi connectivity index (χ1v) is 37.7. The number of hydrogen-bond donors (Lipinski definition) is 3. The van der Waals surface area contributed by atoms with Gasteiger partial charge in [-0.1, -0.05) is 274 Å². The molecular weight excluding hydrogens is 1140 g/mol. The maximum atomic E-state index is 13.0. The molecule has 0 spiro atoms. The van der Waals surface area contributed by atoms with Crippen molar-refractivity contribution in [1.29, 1.82) is 0 Å². The number of aliphatic hydroxyl groups is 1. The number of carbonyl (C=O) groups excluding carboxylic acids is 4. The van der Waals surface area contributed by atoms with Gasteiger partial charge in [-0.05, 0) is 49.4 Å². The van der Waals surface area contributed by atoms with Crippen LogP contribution in [0.2, 0.25) is 0 Å². The maximum absolute atomic E-state index is 13.0. The Morgan fingerprint density at radius 3 is 0.826 bits per heavy atom. The average molecular weight is 1270 g/mol. The van der Waals surface area contributed by atoms with Crippen molar-refractivity contribution in [2.75, 3.05) is 39.6 Å². The lowest BCUT2D eigenvalue weighted by molar-refractivity contribution is -0.161. The minimum Gasteiger partial charge on any atom is -0.462 e. The molecule has 0 rings (SSSR count). The highest BCUT2D eigenvalue weighted by Gasteiger charge is 2.30. The largest absolute Gasteiger partial charge is 0.472 e. The summed E-state index contributed by atoms with van der Waals surface area (Å²) < 4.78 is 68.1. The van der Waals surface area contributed by atoms with Gasteiger partial charge < -0.3 is 33.8 Å². The summed E-state index contributed by atoms with van der Waals surface area (Å²) in [5.41, 5.74) is 0. The summed E-state index contributed by atoms with van der Waals surface area (Å²) in [6, 6.07) is 0. The highest BCUT2D eigenvalue weighted by atomic mass is 31.2. The SMILES string of the molecule is CCC(C)CCCCCCCCCCCCC(=O)OC[C@H](COP(=O)(O)OCC(O)COP(=O)(O)OC[C@@H](COC(=O)CCCCCCCCCCC(C)C)OC(=O)CCCCCCCCCC(C)C)OC(=O)CCCCCCCCCCC(C)C. The van der Waals surface area contributed by atoms with Crippen molar-refractivity contribution in [3.8, 4) is 0 Å². The number of esters is 4. The summed E-state index contributed by atoms with van der Waals surface area (Å²) in [6.07, 6.45) is 37.7. The van der Waals surface area contributed by atoms with E-state index in [0.29, 0.717) is 31.6 Å². The van der Waals surface area contributed by atoms with Crippen molar-refractivity contribution >= 4 is 39.5 Å². The van der Waals surface area contributed by atoms with E-state index in [9.17, 15) is 43.2 Å². The second-order valence-corrected chi connectivity index (χ2v) is 28.8. The molecule has 6 atom stereocenters. The zero-order chi connectivity index (χ0) is 63.9. The van der Waals surface area contributed by atoms with Crippen molar-refractivity contribution in [3.05, 3.63) is 0 Å². The van der Waals surface area contributed by atoms with E-state index >= 15 is 0 Å². The van der Waals surface area contributed by atoms with Gasteiger partial charge in [0, 0.05) is 25.7 Å². The molecule has 510 valence electrons. The third kappa shape index (κ3) is 59.7. The van der Waals surface area contributed by atoms with Gasteiger partial charge in [0.2, 0.25) is 0 Å². The smallest absolute Gasteiger partial charge is 0.462 e. The van der Waals surface area contributed by atoms with Crippen LogP contribution in [0.3, 0.4) is 0 Å². The molecule has 0 amide bonds. The first kappa shape index (κ1) is 84.1. The number of phosphoric ester groups is 2. The van der Waals surface area contributed by atoms with Crippen LogP contribution in [0.1, 0.15) is 325 Å². The maximum Gasteiger partial charge on any atom is 0.472 e. The van der Waals surface area contributed by atoms with Crippen molar-refractivity contribution in [2.24, 2.45) is 23.7 Å². The van der Waals surface area contributed by atoms with Gasteiger partial charge in [-0.15, -0.1) is 0 Å². The van der Waals surface area contributed by atoms with Crippen LogP contribution in [0.4, 0.5) is 0 Å². The van der Waals surface area contributed by atoms with Gasteiger partial charge in [0.15, 0.2) is 12.2 Å². The Hall–Kier alpha value is -1.94. The summed E-state index contributed by atoms with van der Waals surface area (Å²) >= 11 is 0. The van der Waals surface area contributed by atoms with E-state index in [2.05, 4.69) is 55.4 Å². The third-order valence-corrected chi connectivity index (χ3v) is 17.6. The topological polar surface area (TPSA) is 237 Å². The van der Waals surface area contributed by atoms with E-state index < -0.39 is 97.5 Å². The molecule has 0 fully saturated rings. The number of hydrogen-bond acceptors (Lipinski definition) is 15. The van der Waals surface area contributed by atoms with Crippen LogP contribution in [0.15, 0.2) is 0 Å². The molecule has 19 heteroatoms. The van der Waals surface area contributed by atoms with Crippen LogP contribution in [-0.4, -0.2) is 96.7 Å². The molecule has 0 aromatic heterocycles. The van der Waals surface area contributed by atoms with E-state index in [1.807, 2.05) is 0 Å². The predicted molar refractivity (Wildman–Crippen MR) is 344 cm³/mol. The molecule has 4 unspecified atom stereocenters. The second kappa shape index (κ2) is 57.0. The van der Waals surface area contributed by atoms with Crippen molar-refractivity contribution < 1.29 is 80.2 Å². The quantitative estimate of drug-likeness (QED) is 0.0222. The average Bonchev–Trinajstić information content (AvgIpc) is 3.68. The third-order valence-electron chi connectivity index (χ3n) is 15.7. The van der Waals surface area contributed by atoms with Crippen molar-refractivity contribution in [3.63, 3.8) is 0 Å². The summed E-state index contributed by atoms with van der Waals surface area (Å²) in [6.45, 7) is 14.0. The molecule has 0 saturated carbocycles. The minimum absolute atomic E-state index is 0.102. The summed E-state index contributed by atoms with van der Waals surface area (Å²) in [5, 5.41) is 10.6. The van der Waals surface area contributed by atoms with Gasteiger partial charge in [0.1, 0.15) is 19.3 Å². The van der Waals surface area contributed by atoms with Gasteiger partial charge >= 0.3 is 39.5 Å². The van der Waals surface area contributed by atoms with Crippen molar-refractivity contribution in [2.45, 2.75) is 343 Å². The monoisotopic (exact) mass is 1270 g/mol. The van der Waals surface area contributed by atoms with Gasteiger partial charge in [0.05, 0.1) is 26.4 Å². The van der Waals surface area contributed by atoms with Crippen LogP contribution >= 0.6 is 15.6 Å². The Morgan fingerprint density at radius 2 is 0.558 bits per heavy atom. The summed E-state index contributed by atoms with van der Waals surface area (Å²) in [5.74, 6) is 0.813. The lowest BCUT2D eigenvalue weighted by Gasteiger charge is -2.21. The molecule has 0 heterocycles. The van der Waals surface area contributed by atoms with Gasteiger partial charge in [-0.2, -0.15) is 0 Å². The number of aliphatic hydroxyl groups excluding tert-OH is 1. The lowest BCUT2D eigenvalue weighted by Crippen LogP contribution is -2.30. The predicted octanol–water partition coefficient (Wildman–Crippen LogP) is 18.5. The Balaban J connectivity index is 5.25. The molecule has 0 saturated heterocycles. The molecule has 86 heavy (non-hydrogen) atoms. The first-order valence-electron chi connectivity index (χ1n) is 34.7. The highest BCUT2D eigenvalue weighted by Crippen LogP contribution is 2.45. The minimum atomic E-state index is -4.95. The van der Waals surface area contributed by atoms with Crippen molar-refractivity contribution in [1.82, 2.24) is 0 Å². The van der Waals surface area contributed by atoms with Crippen LogP contribution < -0.4 is 0 Å². The summed E-state index contributed by atoms with van der Waals surface area (Å²) in [7, 11) is -9.90. The number of rotatable bonds is 64. The zero-order valence-electron chi connectivity index (χ0n) is 55.9. The molecule has 0 aliphatic heterocycles. The number of phosphoric acid groups is 2. The van der Waals surface area contributed by atoms with E-state index in [1.54, 1.807) is 0 Å². The Kier molecular flexibility index (Phi) is 55.7. The molecule has 3 N–H and O–H groups in total. The molecular formula is C67H130O17P2. The molecule has 0 aromatic carbocycles. The normalized spacial score (nSPS) is 14.7. The zero-order valence-corrected chi connectivity index (χ0v) is 57.7. The van der Waals surface area contributed by atoms with Crippen LogP contribution in [0, 0.1) is 23.7 Å². The first-order chi connectivity index (χ1) is 41.1. The van der Waals surface area contributed by atoms with Gasteiger partial charge in [-0.3, -0.25) is 37.3 Å². The van der Waals surface area contributed by atoms with Crippen LogP contribution in [0.25, 0.3) is 0 Å².